The van der Waals surface area contributed by atoms with Crippen molar-refractivity contribution >= 4 is 44.6 Å². The normalized spacial score (nSPS) is 13.9. The molecule has 0 fully saturated rings. The summed E-state index contributed by atoms with van der Waals surface area (Å²) in [5.74, 6) is 1.55. The third kappa shape index (κ3) is 7.04. The van der Waals surface area contributed by atoms with Gasteiger partial charge < -0.3 is 19.1 Å². The van der Waals surface area contributed by atoms with Crippen LogP contribution in [0.25, 0.3) is 38.8 Å². The molecule has 0 saturated carbocycles. The van der Waals surface area contributed by atoms with E-state index in [4.69, 9.17) is 8.85 Å². The van der Waals surface area contributed by atoms with Crippen LogP contribution in [0.1, 0.15) is 62.3 Å². The van der Waals surface area contributed by atoms with E-state index >= 15 is 0 Å². The van der Waals surface area contributed by atoms with E-state index in [0.717, 1.165) is 50.1 Å². The van der Waals surface area contributed by atoms with E-state index in [1.165, 1.54) is 16.7 Å². The number of hydrogen-bond acceptors (Lipinski definition) is 4. The topological polar surface area (TPSA) is 33.5 Å². The Hall–Kier alpha value is -5.64. The van der Waals surface area contributed by atoms with Crippen LogP contribution in [0, 0.1) is 25.7 Å². The van der Waals surface area contributed by atoms with Crippen LogP contribution >= 0.6 is 0 Å². The molecule has 0 amide bonds. The van der Waals surface area contributed by atoms with E-state index in [0.29, 0.717) is 17.3 Å². The van der Waals surface area contributed by atoms with Gasteiger partial charge in [-0.2, -0.15) is 6.07 Å². The van der Waals surface area contributed by atoms with Crippen LogP contribution in [-0.2, 0) is 31.9 Å². The summed E-state index contributed by atoms with van der Waals surface area (Å²) in [4.78, 5) is 9.11. The summed E-state index contributed by atoms with van der Waals surface area (Å²) in [6.07, 6.45) is 1.55. The molecule has 288 valence electrons. The molecule has 6 aromatic carbocycles. The van der Waals surface area contributed by atoms with Crippen molar-refractivity contribution in [3.8, 4) is 28.4 Å². The van der Waals surface area contributed by atoms with Crippen molar-refractivity contribution < 1.29 is 29.9 Å². The predicted octanol–water partition coefficient (Wildman–Crippen LogP) is 13.5. The maximum Gasteiger partial charge on any atom is 0.135 e. The van der Waals surface area contributed by atoms with Crippen LogP contribution in [0.15, 0.2) is 140 Å². The van der Waals surface area contributed by atoms with Crippen molar-refractivity contribution in [1.29, 1.82) is 0 Å². The predicted molar refractivity (Wildman–Crippen MR) is 232 cm³/mol. The van der Waals surface area contributed by atoms with Crippen molar-refractivity contribution in [3.05, 3.63) is 175 Å². The third-order valence-electron chi connectivity index (χ3n) is 10.5. The number of benzene rings is 6. The fraction of sp³-hybridized carbons (Fsp3) is 0.176. The Bertz CT molecular complexity index is 2870. The maximum atomic E-state index is 8.05. The average Bonchev–Trinajstić information content (AvgIpc) is 3.76. The van der Waals surface area contributed by atoms with Gasteiger partial charge in [-0.05, 0) is 76.2 Å². The number of aryl methyl sites for hydroxylation is 1. The number of aromatic nitrogens is 2. The van der Waals surface area contributed by atoms with Gasteiger partial charge in [0.1, 0.15) is 5.82 Å². The third-order valence-corrected chi connectivity index (χ3v) is 10.5. The molecule has 0 unspecified atom stereocenters. The first kappa shape index (κ1) is 34.6. The van der Waals surface area contributed by atoms with Crippen molar-refractivity contribution in [2.75, 3.05) is 9.80 Å². The molecule has 0 radical (unpaired) electrons. The van der Waals surface area contributed by atoms with Crippen molar-refractivity contribution in [2.45, 2.75) is 59.2 Å². The Balaban J connectivity index is 0.00000499. The molecule has 0 N–H and O–H groups in total. The van der Waals surface area contributed by atoms with Crippen LogP contribution in [-0.4, -0.2) is 9.55 Å². The van der Waals surface area contributed by atoms with E-state index in [1.807, 2.05) is 34.9 Å². The minimum Gasteiger partial charge on any atom is -0.509 e. The molecule has 57 heavy (non-hydrogen) atoms. The summed E-state index contributed by atoms with van der Waals surface area (Å²) in [6.45, 7) is 13.3. The molecular weight excluding hydrogens is 880 g/mol. The summed E-state index contributed by atoms with van der Waals surface area (Å²) in [5, 5.41) is 1.96. The van der Waals surface area contributed by atoms with Crippen LogP contribution < -0.4 is 14.5 Å². The standard InChI is InChI=1S/C51H45N4O.Pt/c1-34-26-27-52-48(28-34)55-43-20-12-11-18-40(43)41-25-24-38(32-47(41)55)56-39-30-36(50(2,3)4)29-37(31-39)53-33-54(45-22-14-13-21-44(45)53)46-23-15-19-42(51(5,6)7)49(46)35-16-9-8-10-17-35;/h8-30,33H,1-7H3;/q-3;/i1D3;. The Kier molecular flexibility index (Phi) is 8.92. The van der Waals surface area contributed by atoms with E-state index < -0.39 is 6.85 Å². The van der Waals surface area contributed by atoms with Gasteiger partial charge in [-0.1, -0.05) is 120 Å². The van der Waals surface area contributed by atoms with Gasteiger partial charge in [-0.15, -0.1) is 53.6 Å². The SMILES string of the molecule is [2H]C([2H])([2H])c1ccnc(-n2c3[c-]c(Oc4[c-]c(N5[CH-]N(c6cccc(C(C)(C)C)c6-c6ccccc6)c6ccccc65)cc(C(C)(C)C)c4)ccc3c3ccccc32)c1.[Pt]. The monoisotopic (exact) mass is 927 g/mol. The van der Waals surface area contributed by atoms with Crippen LogP contribution in [0.4, 0.5) is 22.7 Å². The van der Waals surface area contributed by atoms with Crippen molar-refractivity contribution in [1.82, 2.24) is 9.55 Å². The van der Waals surface area contributed by atoms with Gasteiger partial charge in [-0.25, -0.2) is 4.98 Å². The largest absolute Gasteiger partial charge is 0.509 e. The van der Waals surface area contributed by atoms with Crippen LogP contribution in [0.5, 0.6) is 11.5 Å². The summed E-state index contributed by atoms with van der Waals surface area (Å²) < 4.78 is 32.8. The molecule has 5 nitrogen and oxygen atoms in total. The van der Waals surface area contributed by atoms with E-state index in [-0.39, 0.29) is 37.5 Å². The van der Waals surface area contributed by atoms with Gasteiger partial charge in [0.05, 0.1) is 0 Å². The first-order valence-corrected chi connectivity index (χ1v) is 19.0. The van der Waals surface area contributed by atoms with E-state index in [2.05, 4.69) is 166 Å². The van der Waals surface area contributed by atoms with Gasteiger partial charge in [0, 0.05) is 71.0 Å². The number of nitrogens with zero attached hydrogens (tertiary/aromatic N) is 4. The van der Waals surface area contributed by atoms with Gasteiger partial charge in [-0.3, -0.25) is 0 Å². The number of ether oxygens (including phenoxy) is 1. The molecule has 0 bridgehead atoms. The first-order chi connectivity index (χ1) is 28.1. The van der Waals surface area contributed by atoms with Crippen LogP contribution in [0.3, 0.4) is 0 Å². The van der Waals surface area contributed by atoms with Gasteiger partial charge in [0.2, 0.25) is 0 Å². The van der Waals surface area contributed by atoms with Crippen molar-refractivity contribution in [2.24, 2.45) is 0 Å². The van der Waals surface area contributed by atoms with Gasteiger partial charge >= 0.3 is 0 Å². The molecule has 8 aromatic rings. The Morgan fingerprint density at radius 3 is 2.12 bits per heavy atom. The molecular formula is C51H45N4OPt-3. The minimum atomic E-state index is -2.27. The minimum absolute atomic E-state index is 0. The zero-order valence-electron chi connectivity index (χ0n) is 35.9. The summed E-state index contributed by atoms with van der Waals surface area (Å²) in [6, 6.07) is 52.3. The molecule has 9 rings (SSSR count). The number of hydrogen-bond donors (Lipinski definition) is 0. The van der Waals surface area contributed by atoms with Crippen molar-refractivity contribution in [3.63, 3.8) is 0 Å². The molecule has 0 saturated heterocycles. The molecule has 0 atom stereocenters. The Labute approximate surface area is 355 Å². The quantitative estimate of drug-likeness (QED) is 0.156. The summed E-state index contributed by atoms with van der Waals surface area (Å²) in [7, 11) is 0. The molecule has 3 heterocycles. The molecule has 1 aliphatic rings. The molecule has 6 heteroatoms. The van der Waals surface area contributed by atoms with Gasteiger partial charge in [0.15, 0.2) is 0 Å². The Morgan fingerprint density at radius 2 is 1.37 bits per heavy atom. The zero-order chi connectivity index (χ0) is 41.3. The number of pyridine rings is 1. The smallest absolute Gasteiger partial charge is 0.135 e. The molecule has 1 aliphatic heterocycles. The van der Waals surface area contributed by atoms with E-state index in [1.54, 1.807) is 18.3 Å². The Morgan fingerprint density at radius 1 is 0.649 bits per heavy atom. The second-order valence-corrected chi connectivity index (χ2v) is 16.5. The first-order valence-electron chi connectivity index (χ1n) is 20.5. The average molecular weight is 928 g/mol. The number of anilines is 4. The number of fused-ring (bicyclic) bond motifs is 4. The molecule has 0 aliphatic carbocycles. The zero-order valence-corrected chi connectivity index (χ0v) is 35.1. The van der Waals surface area contributed by atoms with Crippen LogP contribution in [0.2, 0.25) is 0 Å². The fourth-order valence-electron chi connectivity index (χ4n) is 7.75. The number of rotatable bonds is 6. The van der Waals surface area contributed by atoms with Gasteiger partial charge in [0.25, 0.3) is 0 Å². The van der Waals surface area contributed by atoms with E-state index in [9.17, 15) is 0 Å². The summed E-state index contributed by atoms with van der Waals surface area (Å²) >= 11 is 0. The fourth-order valence-corrected chi connectivity index (χ4v) is 7.75. The molecule has 0 spiro atoms. The maximum absolute atomic E-state index is 8.05. The summed E-state index contributed by atoms with van der Waals surface area (Å²) in [5.41, 5.74) is 10.3. The second kappa shape index (κ2) is 14.7. The molecule has 2 aromatic heterocycles. The second-order valence-electron chi connectivity index (χ2n) is 16.5. The number of para-hydroxylation sites is 3.